The van der Waals surface area contributed by atoms with E-state index in [9.17, 15) is 0 Å². The van der Waals surface area contributed by atoms with Crippen LogP contribution in [0.1, 0.15) is 6.42 Å². The summed E-state index contributed by atoms with van der Waals surface area (Å²) in [6.45, 7) is 0. The maximum atomic E-state index is 5.58. The van der Waals surface area contributed by atoms with Gasteiger partial charge in [0.05, 0.1) is 0 Å². The van der Waals surface area contributed by atoms with E-state index in [4.69, 9.17) is 11.6 Å². The third-order valence-electron chi connectivity index (χ3n) is 1.29. The predicted octanol–water partition coefficient (Wildman–Crippen LogP) is 2.06. The van der Waals surface area contributed by atoms with Crippen molar-refractivity contribution in [2.24, 2.45) is 0 Å². The summed E-state index contributed by atoms with van der Waals surface area (Å²) in [6.07, 6.45) is 1.15. The summed E-state index contributed by atoms with van der Waals surface area (Å²) >= 11 is 6.21. The molecule has 0 aliphatic heterocycles. The number of rotatable bonds is 4. The van der Waals surface area contributed by atoms with E-state index in [2.05, 4.69) is 30.3 Å². The summed E-state index contributed by atoms with van der Waals surface area (Å²) in [5, 5.41) is 1.26. The van der Waals surface area contributed by atoms with Gasteiger partial charge in [0, 0.05) is 0 Å². The summed E-state index contributed by atoms with van der Waals surface area (Å²) in [4.78, 5) is 0. The quantitative estimate of drug-likeness (QED) is 0.424. The van der Waals surface area contributed by atoms with Gasteiger partial charge in [-0.1, -0.05) is 0 Å². The van der Waals surface area contributed by atoms with Crippen molar-refractivity contribution in [1.82, 2.24) is 0 Å². The molecule has 0 unspecified atom stereocenters. The molecule has 0 heterocycles. The Bertz CT molecular complexity index is 186. The Morgan fingerprint density at radius 2 is 1.91 bits per heavy atom. The van der Waals surface area contributed by atoms with Gasteiger partial charge in [-0.05, 0) is 0 Å². The van der Waals surface area contributed by atoms with E-state index in [1.165, 1.54) is 9.78 Å². The number of hydrogen-bond donors (Lipinski definition) is 0. The van der Waals surface area contributed by atoms with Gasteiger partial charge in [-0.15, -0.1) is 0 Å². The molecule has 11 heavy (non-hydrogen) atoms. The van der Waals surface area contributed by atoms with Crippen molar-refractivity contribution in [3.05, 3.63) is 30.3 Å². The standard InChI is InChI=1S/C9H11ClSe/c10-7-4-8-11-9-5-2-1-3-6-9/h1-3,5-6H,4,7-8H2. The van der Waals surface area contributed by atoms with Crippen LogP contribution in [-0.4, -0.2) is 20.8 Å². The second-order valence-electron chi connectivity index (χ2n) is 2.20. The molecule has 0 saturated carbocycles. The molecule has 1 rings (SSSR count). The van der Waals surface area contributed by atoms with E-state index in [1.54, 1.807) is 0 Å². The van der Waals surface area contributed by atoms with Crippen molar-refractivity contribution in [2.45, 2.75) is 11.7 Å². The minimum absolute atomic E-state index is 0.635. The molecule has 0 nitrogen and oxygen atoms in total. The Hall–Kier alpha value is 0.0295. The molecule has 0 aliphatic carbocycles. The van der Waals surface area contributed by atoms with Crippen LogP contribution in [0.5, 0.6) is 0 Å². The molecule has 2 heteroatoms. The SMILES string of the molecule is ClCCC[Se]c1ccccc1. The van der Waals surface area contributed by atoms with Gasteiger partial charge < -0.3 is 0 Å². The Balaban J connectivity index is 2.28. The fourth-order valence-corrected chi connectivity index (χ4v) is 3.09. The third kappa shape index (κ3) is 3.81. The van der Waals surface area contributed by atoms with Crippen LogP contribution in [0.15, 0.2) is 30.3 Å². The summed E-state index contributed by atoms with van der Waals surface area (Å²) in [6, 6.07) is 10.6. The first-order valence-corrected chi connectivity index (χ1v) is 6.27. The van der Waals surface area contributed by atoms with E-state index < -0.39 is 0 Å². The van der Waals surface area contributed by atoms with E-state index >= 15 is 0 Å². The van der Waals surface area contributed by atoms with Crippen LogP contribution in [0.2, 0.25) is 5.32 Å². The zero-order valence-electron chi connectivity index (χ0n) is 6.29. The molecule has 0 atom stereocenters. The first-order chi connectivity index (χ1) is 5.43. The molecule has 0 N–H and O–H groups in total. The second-order valence-corrected chi connectivity index (χ2v) is 5.03. The molecule has 0 fully saturated rings. The first-order valence-electron chi connectivity index (χ1n) is 3.67. The van der Waals surface area contributed by atoms with E-state index in [0.29, 0.717) is 15.0 Å². The van der Waals surface area contributed by atoms with Gasteiger partial charge in [0.2, 0.25) is 0 Å². The van der Waals surface area contributed by atoms with Crippen molar-refractivity contribution in [2.75, 3.05) is 5.88 Å². The molecule has 0 amide bonds. The average Bonchev–Trinajstić information content (AvgIpc) is 2.07. The van der Waals surface area contributed by atoms with Gasteiger partial charge in [-0.3, -0.25) is 0 Å². The molecule has 0 radical (unpaired) electrons. The van der Waals surface area contributed by atoms with Gasteiger partial charge in [-0.2, -0.15) is 0 Å². The van der Waals surface area contributed by atoms with Crippen LogP contribution in [0.4, 0.5) is 0 Å². The van der Waals surface area contributed by atoms with Crippen LogP contribution in [0.3, 0.4) is 0 Å². The molecule has 0 spiro atoms. The van der Waals surface area contributed by atoms with Crippen molar-refractivity contribution < 1.29 is 0 Å². The van der Waals surface area contributed by atoms with Crippen molar-refractivity contribution in [3.8, 4) is 0 Å². The molecule has 60 valence electrons. The Labute approximate surface area is 79.1 Å². The second kappa shape index (κ2) is 5.65. The van der Waals surface area contributed by atoms with Crippen molar-refractivity contribution in [3.63, 3.8) is 0 Å². The van der Waals surface area contributed by atoms with Gasteiger partial charge in [0.25, 0.3) is 0 Å². The molecule has 0 aliphatic rings. The molecule has 0 aromatic heterocycles. The number of halogens is 1. The fourth-order valence-electron chi connectivity index (χ4n) is 0.761. The Morgan fingerprint density at radius 1 is 1.18 bits per heavy atom. The van der Waals surface area contributed by atoms with Crippen molar-refractivity contribution in [1.29, 1.82) is 0 Å². The van der Waals surface area contributed by atoms with Gasteiger partial charge in [0.1, 0.15) is 0 Å². The zero-order chi connectivity index (χ0) is 7.94. The normalized spacial score (nSPS) is 9.91. The van der Waals surface area contributed by atoms with Crippen molar-refractivity contribution >= 4 is 31.0 Å². The topological polar surface area (TPSA) is 0 Å². The average molecular weight is 234 g/mol. The number of hydrogen-bond acceptors (Lipinski definition) is 0. The summed E-state index contributed by atoms with van der Waals surface area (Å²) in [5.74, 6) is 0.800. The summed E-state index contributed by atoms with van der Waals surface area (Å²) in [5.41, 5.74) is 0. The molecular formula is C9H11ClSe. The van der Waals surface area contributed by atoms with Gasteiger partial charge >= 0.3 is 79.0 Å². The van der Waals surface area contributed by atoms with Gasteiger partial charge in [0.15, 0.2) is 0 Å². The van der Waals surface area contributed by atoms with Crippen LogP contribution in [0.25, 0.3) is 0 Å². The molecule has 0 bridgehead atoms. The molecule has 0 saturated heterocycles. The molecular weight excluding hydrogens is 223 g/mol. The summed E-state index contributed by atoms with van der Waals surface area (Å²) < 4.78 is 1.48. The zero-order valence-corrected chi connectivity index (χ0v) is 8.76. The monoisotopic (exact) mass is 234 g/mol. The first kappa shape index (κ1) is 9.12. The minimum atomic E-state index is 0.635. The Morgan fingerprint density at radius 3 is 2.55 bits per heavy atom. The summed E-state index contributed by atoms with van der Waals surface area (Å²) in [7, 11) is 0. The number of alkyl halides is 1. The van der Waals surface area contributed by atoms with Crippen LogP contribution >= 0.6 is 11.6 Å². The maximum absolute atomic E-state index is 5.58. The van der Waals surface area contributed by atoms with Crippen LogP contribution in [0, 0.1) is 0 Å². The van der Waals surface area contributed by atoms with Crippen LogP contribution in [-0.2, 0) is 0 Å². The number of benzene rings is 1. The molecule has 1 aromatic carbocycles. The van der Waals surface area contributed by atoms with Crippen LogP contribution < -0.4 is 4.46 Å². The van der Waals surface area contributed by atoms with E-state index in [-0.39, 0.29) is 0 Å². The van der Waals surface area contributed by atoms with Gasteiger partial charge in [-0.25, -0.2) is 0 Å². The third-order valence-corrected chi connectivity index (χ3v) is 3.86. The predicted molar refractivity (Wildman–Crippen MR) is 52.0 cm³/mol. The Kier molecular flexibility index (Phi) is 4.69. The molecule has 1 aromatic rings. The van der Waals surface area contributed by atoms with E-state index in [0.717, 1.165) is 12.3 Å². The fraction of sp³-hybridized carbons (Fsp3) is 0.333. The van der Waals surface area contributed by atoms with E-state index in [1.807, 2.05) is 0 Å².